The highest BCUT2D eigenvalue weighted by molar-refractivity contribution is 4.85. The minimum Gasteiger partial charge on any atom is -0.372 e. The monoisotopic (exact) mass is 171 g/mol. The van der Waals surface area contributed by atoms with E-state index in [1.165, 1.54) is 0 Å². The van der Waals surface area contributed by atoms with Crippen molar-refractivity contribution in [3.63, 3.8) is 0 Å². The van der Waals surface area contributed by atoms with Crippen LogP contribution in [0.3, 0.4) is 0 Å². The molecule has 0 spiro atoms. The number of hydrogen-bond acceptors (Lipinski definition) is 2. The molecule has 0 amide bonds. The van der Waals surface area contributed by atoms with Gasteiger partial charge in [-0.3, -0.25) is 4.90 Å². The lowest BCUT2D eigenvalue weighted by molar-refractivity contribution is -0.122. The first-order valence-electron chi connectivity index (χ1n) is 4.95. The molecule has 1 heterocycles. The molecule has 0 aromatic heterocycles. The Hall–Kier alpha value is -0.0800. The molecule has 0 aromatic rings. The van der Waals surface area contributed by atoms with Crippen LogP contribution in [-0.4, -0.2) is 36.7 Å². The van der Waals surface area contributed by atoms with Crippen LogP contribution in [0.25, 0.3) is 0 Å². The number of morpholine rings is 1. The summed E-state index contributed by atoms with van der Waals surface area (Å²) < 4.78 is 5.82. The molecule has 0 saturated carbocycles. The molecule has 0 radical (unpaired) electrons. The Morgan fingerprint density at radius 2 is 2.17 bits per heavy atom. The van der Waals surface area contributed by atoms with Crippen molar-refractivity contribution in [1.29, 1.82) is 0 Å². The fraction of sp³-hybridized carbons (Fsp3) is 1.00. The summed E-state index contributed by atoms with van der Waals surface area (Å²) in [7, 11) is 0. The van der Waals surface area contributed by atoms with Crippen LogP contribution >= 0.6 is 0 Å². The predicted molar refractivity (Wildman–Crippen MR) is 51.3 cm³/mol. The van der Waals surface area contributed by atoms with Crippen molar-refractivity contribution < 1.29 is 4.74 Å². The molecule has 1 aliphatic heterocycles. The van der Waals surface area contributed by atoms with Crippen LogP contribution in [-0.2, 0) is 4.74 Å². The van der Waals surface area contributed by atoms with Gasteiger partial charge in [0.05, 0.1) is 12.2 Å². The number of likely N-dealkylation sites (N-methyl/N-ethyl adjacent to an activating group) is 1. The van der Waals surface area contributed by atoms with Crippen LogP contribution in [0.15, 0.2) is 0 Å². The minimum absolute atomic E-state index is 0.0776. The second-order valence-corrected chi connectivity index (χ2v) is 4.18. The predicted octanol–water partition coefficient (Wildman–Crippen LogP) is 1.75. The number of nitrogens with zero attached hydrogens (tertiary/aromatic N) is 1. The Morgan fingerprint density at radius 3 is 2.67 bits per heavy atom. The van der Waals surface area contributed by atoms with E-state index in [1.54, 1.807) is 0 Å². The van der Waals surface area contributed by atoms with Crippen molar-refractivity contribution in [2.24, 2.45) is 5.92 Å². The highest BCUT2D eigenvalue weighted by atomic mass is 16.5. The summed E-state index contributed by atoms with van der Waals surface area (Å²) in [4.78, 5) is 2.46. The van der Waals surface area contributed by atoms with Gasteiger partial charge < -0.3 is 4.74 Å². The molecule has 1 atom stereocenters. The highest BCUT2D eigenvalue weighted by Crippen LogP contribution is 2.25. The van der Waals surface area contributed by atoms with E-state index in [1.807, 2.05) is 0 Å². The van der Waals surface area contributed by atoms with Gasteiger partial charge in [-0.15, -0.1) is 0 Å². The molecule has 2 nitrogen and oxygen atoms in total. The molecule has 1 fully saturated rings. The van der Waals surface area contributed by atoms with Gasteiger partial charge >= 0.3 is 0 Å². The molecule has 0 N–H and O–H groups in total. The van der Waals surface area contributed by atoms with Crippen molar-refractivity contribution in [3.05, 3.63) is 0 Å². The molecular weight excluding hydrogens is 150 g/mol. The average molecular weight is 171 g/mol. The summed E-state index contributed by atoms with van der Waals surface area (Å²) in [5, 5.41) is 0. The normalized spacial score (nSPS) is 32.8. The fourth-order valence-electron chi connectivity index (χ4n) is 1.60. The van der Waals surface area contributed by atoms with Gasteiger partial charge in [0.2, 0.25) is 0 Å². The summed E-state index contributed by atoms with van der Waals surface area (Å²) >= 11 is 0. The van der Waals surface area contributed by atoms with Gasteiger partial charge in [-0.05, 0) is 19.4 Å². The average Bonchev–Trinajstić information content (AvgIpc) is 2.04. The molecule has 1 aliphatic rings. The van der Waals surface area contributed by atoms with Crippen LogP contribution in [0.1, 0.15) is 27.7 Å². The van der Waals surface area contributed by atoms with E-state index < -0.39 is 0 Å². The van der Waals surface area contributed by atoms with Gasteiger partial charge in [0.15, 0.2) is 0 Å². The Labute approximate surface area is 75.9 Å². The lowest BCUT2D eigenvalue weighted by Gasteiger charge is -2.42. The lowest BCUT2D eigenvalue weighted by Crippen LogP contribution is -2.52. The quantitative estimate of drug-likeness (QED) is 0.627. The van der Waals surface area contributed by atoms with Crippen LogP contribution in [0, 0.1) is 5.92 Å². The van der Waals surface area contributed by atoms with Gasteiger partial charge in [-0.25, -0.2) is 0 Å². The molecule has 0 unspecified atom stereocenters. The molecule has 2 heteroatoms. The Balaban J connectivity index is 2.54. The van der Waals surface area contributed by atoms with Gasteiger partial charge in [-0.2, -0.15) is 0 Å². The molecule has 0 bridgehead atoms. The largest absolute Gasteiger partial charge is 0.372 e. The smallest absolute Gasteiger partial charge is 0.0804 e. The van der Waals surface area contributed by atoms with Crippen molar-refractivity contribution in [2.75, 3.05) is 26.2 Å². The Kier molecular flexibility index (Phi) is 3.13. The first-order chi connectivity index (χ1) is 5.58. The van der Waals surface area contributed by atoms with E-state index in [0.29, 0.717) is 5.92 Å². The maximum atomic E-state index is 5.82. The minimum atomic E-state index is 0.0776. The first-order valence-corrected chi connectivity index (χ1v) is 4.95. The van der Waals surface area contributed by atoms with Gasteiger partial charge in [-0.1, -0.05) is 20.8 Å². The molecule has 1 saturated heterocycles. The first kappa shape index (κ1) is 10.0. The van der Waals surface area contributed by atoms with Crippen molar-refractivity contribution in [2.45, 2.75) is 33.3 Å². The Bertz CT molecular complexity index is 147. The van der Waals surface area contributed by atoms with E-state index >= 15 is 0 Å². The maximum Gasteiger partial charge on any atom is 0.0804 e. The molecule has 0 aliphatic carbocycles. The van der Waals surface area contributed by atoms with E-state index in [9.17, 15) is 0 Å². The summed E-state index contributed by atoms with van der Waals surface area (Å²) in [5.74, 6) is 0.604. The SMILES string of the molecule is CCN1CCO[C@](C)(C(C)C)C1. The molecule has 12 heavy (non-hydrogen) atoms. The maximum absolute atomic E-state index is 5.82. The molecular formula is C10H21NO. The van der Waals surface area contributed by atoms with Crippen LogP contribution in [0.5, 0.6) is 0 Å². The molecule has 0 aromatic carbocycles. The van der Waals surface area contributed by atoms with E-state index in [0.717, 1.165) is 26.2 Å². The van der Waals surface area contributed by atoms with Crippen LogP contribution in [0.2, 0.25) is 0 Å². The molecule has 72 valence electrons. The van der Waals surface area contributed by atoms with Gasteiger partial charge in [0.25, 0.3) is 0 Å². The molecule has 1 rings (SSSR count). The van der Waals surface area contributed by atoms with E-state index in [4.69, 9.17) is 4.74 Å². The third-order valence-corrected chi connectivity index (χ3v) is 3.05. The van der Waals surface area contributed by atoms with Crippen LogP contribution < -0.4 is 0 Å². The summed E-state index contributed by atoms with van der Waals surface area (Å²) in [6.45, 7) is 13.1. The topological polar surface area (TPSA) is 12.5 Å². The van der Waals surface area contributed by atoms with Crippen molar-refractivity contribution in [3.8, 4) is 0 Å². The highest BCUT2D eigenvalue weighted by Gasteiger charge is 2.34. The third kappa shape index (κ3) is 1.99. The number of rotatable bonds is 2. The Morgan fingerprint density at radius 1 is 1.50 bits per heavy atom. The third-order valence-electron chi connectivity index (χ3n) is 3.05. The van der Waals surface area contributed by atoms with E-state index in [2.05, 4.69) is 32.6 Å². The standard InChI is InChI=1S/C10H21NO/c1-5-11-6-7-12-10(4,8-11)9(2)3/h9H,5-8H2,1-4H3/t10-/m0/s1. The van der Waals surface area contributed by atoms with Crippen molar-refractivity contribution >= 4 is 0 Å². The lowest BCUT2D eigenvalue weighted by atomic mass is 9.90. The van der Waals surface area contributed by atoms with Crippen molar-refractivity contribution in [1.82, 2.24) is 4.90 Å². The number of hydrogen-bond donors (Lipinski definition) is 0. The summed E-state index contributed by atoms with van der Waals surface area (Å²) in [6, 6.07) is 0. The zero-order chi connectivity index (χ0) is 9.19. The fourth-order valence-corrected chi connectivity index (χ4v) is 1.60. The van der Waals surface area contributed by atoms with Gasteiger partial charge in [0, 0.05) is 13.1 Å². The zero-order valence-corrected chi connectivity index (χ0v) is 8.76. The second kappa shape index (κ2) is 3.75. The summed E-state index contributed by atoms with van der Waals surface area (Å²) in [5.41, 5.74) is 0.0776. The van der Waals surface area contributed by atoms with Gasteiger partial charge in [0.1, 0.15) is 0 Å². The zero-order valence-electron chi connectivity index (χ0n) is 8.76. The van der Waals surface area contributed by atoms with E-state index in [-0.39, 0.29) is 5.60 Å². The number of ether oxygens (including phenoxy) is 1. The second-order valence-electron chi connectivity index (χ2n) is 4.18. The van der Waals surface area contributed by atoms with Crippen LogP contribution in [0.4, 0.5) is 0 Å². The summed E-state index contributed by atoms with van der Waals surface area (Å²) in [6.07, 6.45) is 0.